The van der Waals surface area contributed by atoms with Gasteiger partial charge in [-0.25, -0.2) is 8.42 Å². The van der Waals surface area contributed by atoms with Crippen molar-refractivity contribution in [3.05, 3.63) is 65.2 Å². The topological polar surface area (TPSA) is 69.7 Å². The van der Waals surface area contributed by atoms with Gasteiger partial charge in [-0.2, -0.15) is 4.31 Å². The van der Waals surface area contributed by atoms with Crippen molar-refractivity contribution in [2.75, 3.05) is 39.3 Å². The van der Waals surface area contributed by atoms with Gasteiger partial charge in [-0.3, -0.25) is 4.79 Å². The molecule has 0 spiro atoms. The Bertz CT molecular complexity index is 986. The summed E-state index contributed by atoms with van der Waals surface area (Å²) in [4.78, 5) is 14.9. The number of hydrogen-bond donors (Lipinski definition) is 1. The molecule has 2 aromatic rings. The summed E-state index contributed by atoms with van der Waals surface area (Å²) in [6.07, 6.45) is 0.186. The molecule has 0 saturated carbocycles. The van der Waals surface area contributed by atoms with E-state index in [9.17, 15) is 13.2 Å². The number of amides is 1. The fraction of sp³-hybridized carbons (Fsp3) is 0.458. The number of rotatable bonds is 8. The lowest BCUT2D eigenvalue weighted by atomic mass is 10.0. The van der Waals surface area contributed by atoms with Crippen molar-refractivity contribution < 1.29 is 13.2 Å². The molecule has 3 rings (SSSR count). The van der Waals surface area contributed by atoms with Gasteiger partial charge in [0, 0.05) is 45.7 Å². The highest BCUT2D eigenvalue weighted by Gasteiger charge is 2.29. The molecular weight excluding hydrogens is 410 g/mol. The Labute approximate surface area is 186 Å². The first-order valence-corrected chi connectivity index (χ1v) is 12.3. The summed E-state index contributed by atoms with van der Waals surface area (Å²) < 4.78 is 28.8. The number of carbonyl (C=O) groups excluding carboxylic acids is 1. The molecule has 1 aliphatic rings. The summed E-state index contributed by atoms with van der Waals surface area (Å²) in [7, 11) is -3.73. The van der Waals surface area contributed by atoms with E-state index in [1.54, 1.807) is 6.07 Å². The van der Waals surface area contributed by atoms with E-state index in [2.05, 4.69) is 5.32 Å². The maximum atomic E-state index is 13.7. The monoisotopic (exact) mass is 443 g/mol. The summed E-state index contributed by atoms with van der Waals surface area (Å²) in [6, 6.07) is 15.4. The molecule has 2 aromatic carbocycles. The van der Waals surface area contributed by atoms with Crippen LogP contribution in [0.3, 0.4) is 0 Å². The molecule has 31 heavy (non-hydrogen) atoms. The van der Waals surface area contributed by atoms with E-state index < -0.39 is 10.0 Å². The van der Waals surface area contributed by atoms with Gasteiger partial charge in [-0.1, -0.05) is 49.4 Å². The highest BCUT2D eigenvalue weighted by atomic mass is 32.2. The lowest BCUT2D eigenvalue weighted by molar-refractivity contribution is -0.131. The van der Waals surface area contributed by atoms with Crippen LogP contribution in [0.2, 0.25) is 0 Å². The maximum Gasteiger partial charge on any atom is 0.243 e. The van der Waals surface area contributed by atoms with E-state index in [0.717, 1.165) is 29.8 Å². The van der Waals surface area contributed by atoms with Crippen LogP contribution in [-0.2, 0) is 14.8 Å². The lowest BCUT2D eigenvalue weighted by Gasteiger charge is -2.30. The van der Waals surface area contributed by atoms with Gasteiger partial charge in [0.15, 0.2) is 0 Å². The number of hydrogen-bond acceptors (Lipinski definition) is 4. The van der Waals surface area contributed by atoms with E-state index in [1.165, 1.54) is 4.31 Å². The second kappa shape index (κ2) is 10.4. The largest absolute Gasteiger partial charge is 0.340 e. The lowest BCUT2D eigenvalue weighted by Crippen LogP contribution is -2.47. The summed E-state index contributed by atoms with van der Waals surface area (Å²) >= 11 is 0. The Morgan fingerprint density at radius 1 is 1.10 bits per heavy atom. The van der Waals surface area contributed by atoms with Gasteiger partial charge in [-0.15, -0.1) is 0 Å². The second-order valence-electron chi connectivity index (χ2n) is 8.32. The normalized spacial score (nSPS) is 15.8. The molecule has 6 nitrogen and oxygen atoms in total. The van der Waals surface area contributed by atoms with Crippen LogP contribution in [0.15, 0.2) is 53.4 Å². The highest BCUT2D eigenvalue weighted by Crippen LogP contribution is 2.25. The van der Waals surface area contributed by atoms with Gasteiger partial charge >= 0.3 is 0 Å². The third kappa shape index (κ3) is 5.93. The van der Waals surface area contributed by atoms with Crippen LogP contribution in [0, 0.1) is 13.8 Å². The Kier molecular flexibility index (Phi) is 7.86. The summed E-state index contributed by atoms with van der Waals surface area (Å²) in [6.45, 7) is 9.14. The molecule has 0 radical (unpaired) electrons. The van der Waals surface area contributed by atoms with Crippen LogP contribution >= 0.6 is 0 Å². The van der Waals surface area contributed by atoms with E-state index in [1.807, 2.05) is 68.1 Å². The van der Waals surface area contributed by atoms with Crippen LogP contribution < -0.4 is 5.32 Å². The molecule has 0 aliphatic carbocycles. The third-order valence-electron chi connectivity index (χ3n) is 5.85. The van der Waals surface area contributed by atoms with Crippen molar-refractivity contribution in [1.82, 2.24) is 14.5 Å². The Morgan fingerprint density at radius 3 is 2.45 bits per heavy atom. The van der Waals surface area contributed by atoms with Gasteiger partial charge in [0.2, 0.25) is 15.9 Å². The van der Waals surface area contributed by atoms with Crippen molar-refractivity contribution in [2.45, 2.75) is 38.0 Å². The highest BCUT2D eigenvalue weighted by molar-refractivity contribution is 7.89. The van der Waals surface area contributed by atoms with Crippen LogP contribution in [-0.4, -0.2) is 62.8 Å². The van der Waals surface area contributed by atoms with Gasteiger partial charge < -0.3 is 10.2 Å². The fourth-order valence-corrected chi connectivity index (χ4v) is 5.76. The zero-order chi connectivity index (χ0) is 22.4. The van der Waals surface area contributed by atoms with Crippen LogP contribution in [0.4, 0.5) is 0 Å². The Balaban J connectivity index is 1.84. The average Bonchev–Trinajstić information content (AvgIpc) is 2.78. The molecule has 1 saturated heterocycles. The van der Waals surface area contributed by atoms with E-state index >= 15 is 0 Å². The molecule has 0 bridgehead atoms. The first-order chi connectivity index (χ1) is 14.8. The number of nitrogens with one attached hydrogen (secondary N) is 1. The first-order valence-electron chi connectivity index (χ1n) is 10.9. The number of nitrogens with zero attached hydrogens (tertiary/aromatic N) is 2. The van der Waals surface area contributed by atoms with Crippen LogP contribution in [0.5, 0.6) is 0 Å². The minimum Gasteiger partial charge on any atom is -0.340 e. The summed E-state index contributed by atoms with van der Waals surface area (Å²) in [5.74, 6) is 0.0189. The molecule has 1 aliphatic heterocycles. The molecule has 1 fully saturated rings. The van der Waals surface area contributed by atoms with Gasteiger partial charge in [0.25, 0.3) is 0 Å². The zero-order valence-corrected chi connectivity index (χ0v) is 19.5. The molecular formula is C24H33N3O3S. The Morgan fingerprint density at radius 2 is 1.77 bits per heavy atom. The number of sulfonamides is 1. The van der Waals surface area contributed by atoms with Crippen LogP contribution in [0.25, 0.3) is 0 Å². The van der Waals surface area contributed by atoms with Gasteiger partial charge in [-0.05, 0) is 42.5 Å². The summed E-state index contributed by atoms with van der Waals surface area (Å²) in [5, 5.41) is 3.24. The average molecular weight is 444 g/mol. The minimum atomic E-state index is -3.73. The third-order valence-corrected chi connectivity index (χ3v) is 7.86. The van der Waals surface area contributed by atoms with Gasteiger partial charge in [0.1, 0.15) is 0 Å². The van der Waals surface area contributed by atoms with Crippen molar-refractivity contribution in [2.24, 2.45) is 0 Å². The van der Waals surface area contributed by atoms with E-state index in [0.29, 0.717) is 24.5 Å². The predicted octanol–water partition coefficient (Wildman–Crippen LogP) is 2.92. The van der Waals surface area contributed by atoms with Crippen molar-refractivity contribution in [3.8, 4) is 0 Å². The van der Waals surface area contributed by atoms with Crippen molar-refractivity contribution in [1.29, 1.82) is 0 Å². The quantitative estimate of drug-likeness (QED) is 0.681. The van der Waals surface area contributed by atoms with E-state index in [-0.39, 0.29) is 24.8 Å². The summed E-state index contributed by atoms with van der Waals surface area (Å²) in [5.41, 5.74) is 2.70. The fourth-order valence-electron chi connectivity index (χ4n) is 3.92. The van der Waals surface area contributed by atoms with Gasteiger partial charge in [0.05, 0.1) is 4.90 Å². The molecule has 7 heteroatoms. The molecule has 1 unspecified atom stereocenters. The molecule has 1 heterocycles. The van der Waals surface area contributed by atoms with Crippen LogP contribution in [0.1, 0.15) is 36.0 Å². The number of aryl methyl sites for hydroxylation is 2. The molecule has 168 valence electrons. The van der Waals surface area contributed by atoms with E-state index in [4.69, 9.17) is 0 Å². The predicted molar refractivity (Wildman–Crippen MR) is 124 cm³/mol. The minimum absolute atomic E-state index is 0.00929. The maximum absolute atomic E-state index is 13.7. The SMILES string of the molecule is Cc1ccc(C)c(S(=O)(=O)N(CCC(=O)N2CCNCC2)CC(C)c2ccccc2)c1. The number of piperazine rings is 1. The number of benzene rings is 2. The molecule has 0 aromatic heterocycles. The molecule has 1 N–H and O–H groups in total. The second-order valence-corrected chi connectivity index (χ2v) is 10.2. The number of carbonyl (C=O) groups is 1. The molecule has 1 amide bonds. The van der Waals surface area contributed by atoms with Crippen molar-refractivity contribution in [3.63, 3.8) is 0 Å². The standard InChI is InChI=1S/C24H33N3O3S/c1-19-9-10-20(2)23(17-19)31(29,30)27(18-21(3)22-7-5-4-6-8-22)14-11-24(28)26-15-12-25-13-16-26/h4-10,17,21,25H,11-16,18H2,1-3H3. The van der Waals surface area contributed by atoms with Crippen molar-refractivity contribution >= 4 is 15.9 Å². The smallest absolute Gasteiger partial charge is 0.243 e. The Hall–Kier alpha value is -2.22. The first kappa shape index (κ1) is 23.4. The zero-order valence-electron chi connectivity index (χ0n) is 18.7. The molecule has 1 atom stereocenters.